The van der Waals surface area contributed by atoms with Crippen LogP contribution in [-0.2, 0) is 0 Å². The molecule has 0 aromatic rings. The molecule has 12 heavy (non-hydrogen) atoms. The third kappa shape index (κ3) is 5.56. The average molecular weight is 172 g/mol. The Labute approximate surface area is 77.1 Å². The Bertz CT molecular complexity index is 87.8. The second kappa shape index (κ2) is 7.56. The maximum atomic E-state index is 5.89. The molecule has 0 saturated carbocycles. The van der Waals surface area contributed by atoms with Crippen LogP contribution in [0.15, 0.2) is 0 Å². The van der Waals surface area contributed by atoms with Crippen molar-refractivity contribution < 1.29 is 0 Å². The Morgan fingerprint density at radius 2 is 1.58 bits per heavy atom. The second-order valence-corrected chi connectivity index (χ2v) is 3.47. The van der Waals surface area contributed by atoms with Crippen molar-refractivity contribution in [2.75, 3.05) is 19.6 Å². The third-order valence-corrected chi connectivity index (χ3v) is 2.10. The molecular weight excluding hydrogens is 148 g/mol. The van der Waals surface area contributed by atoms with E-state index in [2.05, 4.69) is 25.7 Å². The van der Waals surface area contributed by atoms with Crippen LogP contribution >= 0.6 is 0 Å². The minimum Gasteiger partial charge on any atom is -0.327 e. The van der Waals surface area contributed by atoms with E-state index in [1.165, 1.54) is 25.9 Å². The quantitative estimate of drug-likeness (QED) is 0.635. The zero-order valence-electron chi connectivity index (χ0n) is 8.84. The van der Waals surface area contributed by atoms with Crippen LogP contribution < -0.4 is 5.73 Å². The smallest absolute Gasteiger partial charge is 0.0165 e. The topological polar surface area (TPSA) is 29.3 Å². The summed E-state index contributed by atoms with van der Waals surface area (Å²) < 4.78 is 0. The number of rotatable bonds is 7. The molecule has 0 rings (SSSR count). The van der Waals surface area contributed by atoms with E-state index in [0.717, 1.165) is 13.0 Å². The lowest BCUT2D eigenvalue weighted by molar-refractivity contribution is 0.255. The van der Waals surface area contributed by atoms with E-state index < -0.39 is 0 Å². The highest BCUT2D eigenvalue weighted by Gasteiger charge is 2.06. The van der Waals surface area contributed by atoms with Crippen molar-refractivity contribution in [1.82, 2.24) is 4.90 Å². The molecule has 0 aliphatic carbocycles. The van der Waals surface area contributed by atoms with Crippen LogP contribution in [-0.4, -0.2) is 30.6 Å². The van der Waals surface area contributed by atoms with E-state index >= 15 is 0 Å². The van der Waals surface area contributed by atoms with Crippen LogP contribution in [0.5, 0.6) is 0 Å². The molecule has 2 N–H and O–H groups in total. The van der Waals surface area contributed by atoms with Gasteiger partial charge in [-0.05, 0) is 32.4 Å². The van der Waals surface area contributed by atoms with E-state index in [1.54, 1.807) is 0 Å². The zero-order valence-corrected chi connectivity index (χ0v) is 8.84. The van der Waals surface area contributed by atoms with Gasteiger partial charge in [-0.2, -0.15) is 0 Å². The maximum absolute atomic E-state index is 5.89. The van der Waals surface area contributed by atoms with Gasteiger partial charge in [-0.15, -0.1) is 0 Å². The molecule has 0 spiro atoms. The fourth-order valence-corrected chi connectivity index (χ4v) is 1.39. The molecular formula is C10H24N2. The van der Waals surface area contributed by atoms with E-state index in [-0.39, 0.29) is 0 Å². The highest BCUT2D eigenvalue weighted by Crippen LogP contribution is 1.97. The molecule has 0 aromatic carbocycles. The molecule has 0 aliphatic heterocycles. The first-order chi connectivity index (χ1) is 5.74. The van der Waals surface area contributed by atoms with Gasteiger partial charge in [-0.1, -0.05) is 20.8 Å². The van der Waals surface area contributed by atoms with E-state index in [0.29, 0.717) is 6.04 Å². The van der Waals surface area contributed by atoms with Crippen LogP contribution in [0.4, 0.5) is 0 Å². The molecule has 0 fully saturated rings. The van der Waals surface area contributed by atoms with Crippen molar-refractivity contribution in [3.05, 3.63) is 0 Å². The summed E-state index contributed by atoms with van der Waals surface area (Å²) >= 11 is 0. The Hall–Kier alpha value is -0.0800. The summed E-state index contributed by atoms with van der Waals surface area (Å²) in [6.45, 7) is 10.1. The summed E-state index contributed by atoms with van der Waals surface area (Å²) in [5.74, 6) is 0. The van der Waals surface area contributed by atoms with Gasteiger partial charge in [0, 0.05) is 12.6 Å². The van der Waals surface area contributed by atoms with Gasteiger partial charge in [-0.3, -0.25) is 0 Å². The fourth-order valence-electron chi connectivity index (χ4n) is 1.39. The summed E-state index contributed by atoms with van der Waals surface area (Å²) in [4.78, 5) is 2.47. The number of hydrogen-bond donors (Lipinski definition) is 1. The minimum atomic E-state index is 0.364. The molecule has 0 saturated heterocycles. The Kier molecular flexibility index (Phi) is 7.51. The van der Waals surface area contributed by atoms with Crippen molar-refractivity contribution in [1.29, 1.82) is 0 Å². The van der Waals surface area contributed by atoms with Crippen LogP contribution in [0, 0.1) is 0 Å². The molecule has 0 amide bonds. The molecule has 74 valence electrons. The summed E-state index contributed by atoms with van der Waals surface area (Å²) in [5, 5.41) is 0. The monoisotopic (exact) mass is 172 g/mol. The first-order valence-corrected chi connectivity index (χ1v) is 5.22. The van der Waals surface area contributed by atoms with E-state index in [4.69, 9.17) is 5.73 Å². The first-order valence-electron chi connectivity index (χ1n) is 5.22. The summed E-state index contributed by atoms with van der Waals surface area (Å²) in [5.41, 5.74) is 5.89. The first kappa shape index (κ1) is 11.9. The van der Waals surface area contributed by atoms with Gasteiger partial charge < -0.3 is 10.6 Å². The summed E-state index contributed by atoms with van der Waals surface area (Å²) in [7, 11) is 0. The van der Waals surface area contributed by atoms with Crippen LogP contribution in [0.3, 0.4) is 0 Å². The predicted octanol–water partition coefficient (Wildman–Crippen LogP) is 1.85. The zero-order chi connectivity index (χ0) is 9.40. The normalized spacial score (nSPS) is 13.8. The van der Waals surface area contributed by atoms with Gasteiger partial charge in [0.15, 0.2) is 0 Å². The van der Waals surface area contributed by atoms with Gasteiger partial charge in [0.25, 0.3) is 0 Å². The van der Waals surface area contributed by atoms with Gasteiger partial charge >= 0.3 is 0 Å². The minimum absolute atomic E-state index is 0.364. The molecule has 0 aromatic heterocycles. The third-order valence-electron chi connectivity index (χ3n) is 2.10. The van der Waals surface area contributed by atoms with Crippen LogP contribution in [0.25, 0.3) is 0 Å². The molecule has 0 unspecified atom stereocenters. The summed E-state index contributed by atoms with van der Waals surface area (Å²) in [6, 6.07) is 0.364. The molecule has 0 heterocycles. The summed E-state index contributed by atoms with van der Waals surface area (Å²) in [6.07, 6.45) is 3.55. The molecule has 0 aliphatic rings. The van der Waals surface area contributed by atoms with Crippen LogP contribution in [0.1, 0.15) is 40.0 Å². The predicted molar refractivity (Wildman–Crippen MR) is 55.3 cm³/mol. The van der Waals surface area contributed by atoms with E-state index in [1.807, 2.05) is 0 Å². The van der Waals surface area contributed by atoms with Crippen molar-refractivity contribution in [3.63, 3.8) is 0 Å². The Morgan fingerprint density at radius 1 is 1.08 bits per heavy atom. The lowest BCUT2D eigenvalue weighted by Crippen LogP contribution is -2.37. The highest BCUT2D eigenvalue weighted by molar-refractivity contribution is 4.65. The number of hydrogen-bond acceptors (Lipinski definition) is 2. The SMILES string of the molecule is CCCN(CCC)C[C@@H](N)CC. The molecule has 1 atom stereocenters. The van der Waals surface area contributed by atoms with Crippen molar-refractivity contribution >= 4 is 0 Å². The fraction of sp³-hybridized carbons (Fsp3) is 1.00. The molecule has 2 heteroatoms. The van der Waals surface area contributed by atoms with Gasteiger partial charge in [0.2, 0.25) is 0 Å². The van der Waals surface area contributed by atoms with Crippen molar-refractivity contribution in [3.8, 4) is 0 Å². The van der Waals surface area contributed by atoms with Gasteiger partial charge in [0.05, 0.1) is 0 Å². The largest absolute Gasteiger partial charge is 0.327 e. The second-order valence-electron chi connectivity index (χ2n) is 3.47. The maximum Gasteiger partial charge on any atom is 0.0165 e. The Morgan fingerprint density at radius 3 is 1.92 bits per heavy atom. The number of nitrogens with zero attached hydrogens (tertiary/aromatic N) is 1. The molecule has 0 radical (unpaired) electrons. The number of nitrogens with two attached hydrogens (primary N) is 1. The standard InChI is InChI=1S/C10H24N2/c1-4-7-12(8-5-2)9-10(11)6-3/h10H,4-9,11H2,1-3H3/t10-/m0/s1. The van der Waals surface area contributed by atoms with Crippen molar-refractivity contribution in [2.24, 2.45) is 5.73 Å². The van der Waals surface area contributed by atoms with Gasteiger partial charge in [0.1, 0.15) is 0 Å². The van der Waals surface area contributed by atoms with Crippen LogP contribution in [0.2, 0.25) is 0 Å². The lowest BCUT2D eigenvalue weighted by Gasteiger charge is -2.23. The van der Waals surface area contributed by atoms with Crippen molar-refractivity contribution in [2.45, 2.75) is 46.1 Å². The average Bonchev–Trinajstić information content (AvgIpc) is 2.05. The lowest BCUT2D eigenvalue weighted by atomic mass is 10.2. The Balaban J connectivity index is 3.61. The molecule has 0 bridgehead atoms. The highest BCUT2D eigenvalue weighted by atomic mass is 15.1. The van der Waals surface area contributed by atoms with E-state index in [9.17, 15) is 0 Å². The molecule has 2 nitrogen and oxygen atoms in total. The van der Waals surface area contributed by atoms with Gasteiger partial charge in [-0.25, -0.2) is 0 Å².